The first kappa shape index (κ1) is 18.3. The van der Waals surface area contributed by atoms with Crippen molar-refractivity contribution in [2.45, 2.75) is 13.5 Å². The number of hydrogen-bond donors (Lipinski definition) is 0. The van der Waals surface area contributed by atoms with Crippen molar-refractivity contribution in [1.29, 1.82) is 0 Å². The summed E-state index contributed by atoms with van der Waals surface area (Å²) >= 11 is 6.03. The third kappa shape index (κ3) is 3.39. The lowest BCUT2D eigenvalue weighted by atomic mass is 10.00. The van der Waals surface area contributed by atoms with Crippen LogP contribution in [-0.4, -0.2) is 0 Å². The Kier molecular flexibility index (Phi) is 4.88. The highest BCUT2D eigenvalue weighted by molar-refractivity contribution is 6.31. The van der Waals surface area contributed by atoms with E-state index in [1.54, 1.807) is 24.3 Å². The Hall–Kier alpha value is -3.11. The number of fused-ring (bicyclic) bond motifs is 1. The molecule has 0 aliphatic carbocycles. The van der Waals surface area contributed by atoms with E-state index in [-0.39, 0.29) is 12.2 Å². The average Bonchev–Trinajstić information content (AvgIpc) is 2.68. The van der Waals surface area contributed by atoms with Gasteiger partial charge < -0.3 is 9.15 Å². The molecule has 0 fully saturated rings. The van der Waals surface area contributed by atoms with Crippen LogP contribution in [0.3, 0.4) is 0 Å². The van der Waals surface area contributed by atoms with Gasteiger partial charge in [-0.2, -0.15) is 0 Å². The molecule has 1 aromatic heterocycles. The van der Waals surface area contributed by atoms with Gasteiger partial charge in [0.05, 0.1) is 10.6 Å². The summed E-state index contributed by atoms with van der Waals surface area (Å²) in [4.78, 5) is 12.6. The van der Waals surface area contributed by atoms with E-state index in [9.17, 15) is 9.18 Å². The van der Waals surface area contributed by atoms with Gasteiger partial charge in [0.2, 0.25) is 0 Å². The van der Waals surface area contributed by atoms with Crippen LogP contribution in [0.2, 0.25) is 5.02 Å². The van der Waals surface area contributed by atoms with Crippen LogP contribution in [0, 0.1) is 12.7 Å². The quantitative estimate of drug-likeness (QED) is 0.390. The minimum absolute atomic E-state index is 0.0255. The lowest BCUT2D eigenvalue weighted by molar-refractivity contribution is 0.300. The smallest absolute Gasteiger partial charge is 0.344 e. The average molecular weight is 395 g/mol. The topological polar surface area (TPSA) is 39.4 Å². The highest BCUT2D eigenvalue weighted by Crippen LogP contribution is 2.29. The van der Waals surface area contributed by atoms with Gasteiger partial charge in [-0.15, -0.1) is 0 Å². The van der Waals surface area contributed by atoms with Gasteiger partial charge in [0.25, 0.3) is 0 Å². The summed E-state index contributed by atoms with van der Waals surface area (Å²) in [5.41, 5.74) is 2.47. The van der Waals surface area contributed by atoms with Crippen molar-refractivity contribution in [3.05, 3.63) is 99.1 Å². The summed E-state index contributed by atoms with van der Waals surface area (Å²) in [5, 5.41) is 1.12. The van der Waals surface area contributed by atoms with Crippen LogP contribution >= 0.6 is 11.6 Å². The molecule has 0 aliphatic rings. The Bertz CT molecular complexity index is 1200. The summed E-state index contributed by atoms with van der Waals surface area (Å²) in [5.74, 6) is 0.0324. The predicted octanol–water partition coefficient (Wildman–Crippen LogP) is 6.14. The molecule has 0 unspecified atom stereocenters. The molecule has 0 N–H and O–H groups in total. The van der Waals surface area contributed by atoms with E-state index in [1.807, 2.05) is 43.3 Å². The van der Waals surface area contributed by atoms with Crippen molar-refractivity contribution in [2.75, 3.05) is 0 Å². The predicted molar refractivity (Wildman–Crippen MR) is 108 cm³/mol. The summed E-state index contributed by atoms with van der Waals surface area (Å²) in [6, 6.07) is 19.1. The molecule has 4 rings (SSSR count). The molecule has 0 saturated heterocycles. The monoisotopic (exact) mass is 394 g/mol. The molecule has 0 atom stereocenters. The van der Waals surface area contributed by atoms with Crippen molar-refractivity contribution in [3.8, 4) is 16.9 Å². The summed E-state index contributed by atoms with van der Waals surface area (Å²) in [7, 11) is 0. The van der Waals surface area contributed by atoms with Crippen molar-refractivity contribution in [3.63, 3.8) is 0 Å². The molecule has 140 valence electrons. The van der Waals surface area contributed by atoms with Gasteiger partial charge in [0.1, 0.15) is 23.8 Å². The van der Waals surface area contributed by atoms with Gasteiger partial charge in [-0.25, -0.2) is 9.18 Å². The zero-order valence-electron chi connectivity index (χ0n) is 15.0. The molecule has 1 heterocycles. The van der Waals surface area contributed by atoms with Gasteiger partial charge >= 0.3 is 5.63 Å². The molecule has 0 bridgehead atoms. The van der Waals surface area contributed by atoms with E-state index < -0.39 is 11.4 Å². The second kappa shape index (κ2) is 7.49. The first-order valence-corrected chi connectivity index (χ1v) is 9.11. The number of ether oxygens (including phenoxy) is 1. The van der Waals surface area contributed by atoms with Crippen molar-refractivity contribution >= 4 is 22.6 Å². The molecule has 0 aliphatic heterocycles. The van der Waals surface area contributed by atoms with E-state index in [2.05, 4.69) is 0 Å². The van der Waals surface area contributed by atoms with Crippen LogP contribution in [0.25, 0.3) is 22.1 Å². The second-order valence-electron chi connectivity index (χ2n) is 6.40. The molecule has 28 heavy (non-hydrogen) atoms. The fraction of sp³-hybridized carbons (Fsp3) is 0.0870. The van der Waals surface area contributed by atoms with E-state index in [0.29, 0.717) is 21.9 Å². The van der Waals surface area contributed by atoms with E-state index in [1.165, 1.54) is 6.07 Å². The van der Waals surface area contributed by atoms with Gasteiger partial charge in [0, 0.05) is 17.0 Å². The maximum atomic E-state index is 13.9. The zero-order chi connectivity index (χ0) is 19.7. The molecular weight excluding hydrogens is 379 g/mol. The molecular formula is C23H16ClFO3. The number of benzene rings is 3. The minimum atomic E-state index is -0.428. The molecule has 3 aromatic carbocycles. The molecule has 5 heteroatoms. The molecule has 3 nitrogen and oxygen atoms in total. The van der Waals surface area contributed by atoms with Gasteiger partial charge in [0.15, 0.2) is 0 Å². The number of aryl methyl sites for hydroxylation is 1. The van der Waals surface area contributed by atoms with Crippen molar-refractivity contribution < 1.29 is 13.5 Å². The van der Waals surface area contributed by atoms with Crippen LogP contribution in [0.4, 0.5) is 4.39 Å². The van der Waals surface area contributed by atoms with Gasteiger partial charge in [-0.3, -0.25) is 0 Å². The Labute approximate surface area is 166 Å². The van der Waals surface area contributed by atoms with E-state index in [0.717, 1.165) is 16.5 Å². The van der Waals surface area contributed by atoms with Crippen LogP contribution < -0.4 is 10.4 Å². The second-order valence-corrected chi connectivity index (χ2v) is 6.81. The highest BCUT2D eigenvalue weighted by atomic mass is 35.5. The molecule has 4 aromatic rings. The van der Waals surface area contributed by atoms with Gasteiger partial charge in [-0.1, -0.05) is 48.0 Å². The number of halogens is 2. The highest BCUT2D eigenvalue weighted by Gasteiger charge is 2.14. The normalized spacial score (nSPS) is 11.0. The zero-order valence-corrected chi connectivity index (χ0v) is 15.8. The molecule has 0 spiro atoms. The lowest BCUT2D eigenvalue weighted by Crippen LogP contribution is -2.06. The maximum absolute atomic E-state index is 13.9. The fourth-order valence-corrected chi connectivity index (χ4v) is 3.41. The minimum Gasteiger partial charge on any atom is -0.489 e. The third-order valence-electron chi connectivity index (χ3n) is 4.65. The number of rotatable bonds is 4. The Morgan fingerprint density at radius 1 is 1.04 bits per heavy atom. The fourth-order valence-electron chi connectivity index (χ4n) is 3.19. The van der Waals surface area contributed by atoms with Crippen LogP contribution in [0.1, 0.15) is 11.1 Å². The Balaban J connectivity index is 1.70. The first-order valence-electron chi connectivity index (χ1n) is 8.73. The summed E-state index contributed by atoms with van der Waals surface area (Å²) in [6.45, 7) is 1.86. The van der Waals surface area contributed by atoms with Crippen LogP contribution in [0.15, 0.2) is 75.9 Å². The molecule has 0 radical (unpaired) electrons. The Morgan fingerprint density at radius 2 is 1.82 bits per heavy atom. The van der Waals surface area contributed by atoms with Crippen molar-refractivity contribution in [2.24, 2.45) is 0 Å². The van der Waals surface area contributed by atoms with E-state index >= 15 is 0 Å². The van der Waals surface area contributed by atoms with Crippen LogP contribution in [-0.2, 0) is 6.61 Å². The SMILES string of the molecule is Cc1c(-c2ccccc2)c(=O)oc2cc(OCc3c(F)cccc3Cl)ccc12. The third-order valence-corrected chi connectivity index (χ3v) is 5.00. The lowest BCUT2D eigenvalue weighted by Gasteiger charge is -2.11. The summed E-state index contributed by atoms with van der Waals surface area (Å²) < 4.78 is 25.1. The largest absolute Gasteiger partial charge is 0.489 e. The van der Waals surface area contributed by atoms with Gasteiger partial charge in [-0.05, 0) is 42.3 Å². The summed E-state index contributed by atoms with van der Waals surface area (Å²) in [6.07, 6.45) is 0. The van der Waals surface area contributed by atoms with Crippen molar-refractivity contribution in [1.82, 2.24) is 0 Å². The first-order chi connectivity index (χ1) is 13.5. The molecule has 0 saturated carbocycles. The standard InChI is InChI=1S/C23H16ClFO3/c1-14-17-11-10-16(27-13-18-19(24)8-5-9-20(18)25)12-21(17)28-23(26)22(14)15-6-3-2-4-7-15/h2-12H,13H2,1H3. The Morgan fingerprint density at radius 3 is 2.57 bits per heavy atom. The van der Waals surface area contributed by atoms with E-state index in [4.69, 9.17) is 20.8 Å². The maximum Gasteiger partial charge on any atom is 0.344 e. The van der Waals surface area contributed by atoms with Crippen LogP contribution in [0.5, 0.6) is 5.75 Å². The molecule has 0 amide bonds. The number of hydrogen-bond acceptors (Lipinski definition) is 3.